The number of Topliss-reactive ketones (excluding diaryl/α,β-unsaturated/α-hetero) is 1. The molecule has 0 saturated heterocycles. The molecule has 0 fully saturated rings. The molecule has 25 heavy (non-hydrogen) atoms. The van der Waals surface area contributed by atoms with E-state index in [4.69, 9.17) is 14.7 Å². The van der Waals surface area contributed by atoms with Crippen LogP contribution in [0.25, 0.3) is 6.08 Å². The molecule has 3 rings (SSSR count). The van der Waals surface area contributed by atoms with E-state index in [-0.39, 0.29) is 18.1 Å². The minimum Gasteiger partial charge on any atom is -0.479 e. The molecular formula is C20H18N2O3. The quantitative estimate of drug-likeness (QED) is 0.800. The smallest absolute Gasteiger partial charge is 0.232 e. The van der Waals surface area contributed by atoms with Gasteiger partial charge >= 0.3 is 0 Å². The summed E-state index contributed by atoms with van der Waals surface area (Å²) in [4.78, 5) is 14.6. The van der Waals surface area contributed by atoms with Gasteiger partial charge in [-0.1, -0.05) is 12.1 Å². The Morgan fingerprint density at radius 3 is 2.60 bits per heavy atom. The van der Waals surface area contributed by atoms with Crippen LogP contribution < -0.4 is 14.4 Å². The summed E-state index contributed by atoms with van der Waals surface area (Å²) in [5, 5.41) is 8.62. The lowest BCUT2D eigenvalue weighted by molar-refractivity contribution is 0.101. The molecule has 0 unspecified atom stereocenters. The molecule has 1 aliphatic rings. The van der Waals surface area contributed by atoms with Gasteiger partial charge in [-0.15, -0.1) is 0 Å². The van der Waals surface area contributed by atoms with Crippen LogP contribution >= 0.6 is 0 Å². The Kier molecular flexibility index (Phi) is 4.44. The third kappa shape index (κ3) is 3.33. The lowest BCUT2D eigenvalue weighted by Gasteiger charge is -2.11. The molecule has 0 spiro atoms. The van der Waals surface area contributed by atoms with Gasteiger partial charge in [-0.2, -0.15) is 5.26 Å². The molecule has 0 radical (unpaired) electrons. The fourth-order valence-corrected chi connectivity index (χ4v) is 2.70. The number of ketones is 1. The maximum atomic E-state index is 12.6. The van der Waals surface area contributed by atoms with Crippen LogP contribution in [0.4, 0.5) is 5.69 Å². The van der Waals surface area contributed by atoms with Crippen molar-refractivity contribution in [2.75, 3.05) is 25.6 Å². The number of rotatable bonds is 4. The summed E-state index contributed by atoms with van der Waals surface area (Å²) in [5.41, 5.74) is 3.28. The van der Waals surface area contributed by atoms with Crippen molar-refractivity contribution in [1.82, 2.24) is 0 Å². The number of hydrogen-bond acceptors (Lipinski definition) is 5. The van der Waals surface area contributed by atoms with Gasteiger partial charge in [0, 0.05) is 25.8 Å². The first-order valence-corrected chi connectivity index (χ1v) is 7.85. The second kappa shape index (κ2) is 6.70. The first kappa shape index (κ1) is 16.6. The first-order valence-electron chi connectivity index (χ1n) is 7.85. The second-order valence-corrected chi connectivity index (χ2v) is 5.99. The number of benzene rings is 2. The summed E-state index contributed by atoms with van der Waals surface area (Å²) in [6.45, 7) is 1.78. The molecule has 0 amide bonds. The fraction of sp³-hybridized carbons (Fsp3) is 0.200. The van der Waals surface area contributed by atoms with Gasteiger partial charge in [0.1, 0.15) is 17.6 Å². The van der Waals surface area contributed by atoms with Gasteiger partial charge in [0.05, 0.1) is 5.56 Å². The Hall–Kier alpha value is -3.26. The summed E-state index contributed by atoms with van der Waals surface area (Å²) in [5.74, 6) is 1.13. The van der Waals surface area contributed by atoms with E-state index in [0.29, 0.717) is 17.1 Å². The van der Waals surface area contributed by atoms with Crippen molar-refractivity contribution in [3.8, 4) is 17.6 Å². The average Bonchev–Trinajstić information content (AvgIpc) is 2.89. The summed E-state index contributed by atoms with van der Waals surface area (Å²) >= 11 is 0. The van der Waals surface area contributed by atoms with Crippen LogP contribution in [0.1, 0.15) is 21.5 Å². The van der Waals surface area contributed by atoms with Crippen molar-refractivity contribution >= 4 is 17.5 Å². The molecule has 0 bridgehead atoms. The Morgan fingerprint density at radius 1 is 1.24 bits per heavy atom. The maximum absolute atomic E-state index is 12.6. The second-order valence-electron chi connectivity index (χ2n) is 5.99. The molecule has 0 aliphatic carbocycles. The highest BCUT2D eigenvalue weighted by Crippen LogP contribution is 2.37. The maximum Gasteiger partial charge on any atom is 0.232 e. The number of hydrogen-bond donors (Lipinski definition) is 0. The minimum absolute atomic E-state index is 0.0485. The Labute approximate surface area is 146 Å². The number of nitriles is 1. The van der Waals surface area contributed by atoms with E-state index in [0.717, 1.165) is 16.8 Å². The van der Waals surface area contributed by atoms with Crippen molar-refractivity contribution in [2.45, 2.75) is 6.92 Å². The lowest BCUT2D eigenvalue weighted by Crippen LogP contribution is -2.08. The monoisotopic (exact) mass is 334 g/mol. The largest absolute Gasteiger partial charge is 0.479 e. The van der Waals surface area contributed by atoms with E-state index in [2.05, 4.69) is 0 Å². The number of carbonyl (C=O) groups is 1. The molecule has 0 N–H and O–H groups in total. The van der Waals surface area contributed by atoms with Crippen LogP contribution in [-0.2, 0) is 0 Å². The SMILES string of the molecule is Cc1cc(OCC#N)cc2c1C(=O)/C(=C/c1ccc(N(C)C)cc1)O2. The van der Waals surface area contributed by atoms with E-state index in [1.807, 2.05) is 56.3 Å². The summed E-state index contributed by atoms with van der Waals surface area (Å²) < 4.78 is 11.0. The summed E-state index contributed by atoms with van der Waals surface area (Å²) in [6, 6.07) is 13.2. The van der Waals surface area contributed by atoms with Crippen LogP contribution in [0.15, 0.2) is 42.2 Å². The number of fused-ring (bicyclic) bond motifs is 1. The van der Waals surface area contributed by atoms with Crippen LogP contribution in [0, 0.1) is 18.3 Å². The molecule has 0 aromatic heterocycles. The van der Waals surface area contributed by atoms with Crippen LogP contribution in [-0.4, -0.2) is 26.5 Å². The Balaban J connectivity index is 1.89. The average molecular weight is 334 g/mol. The zero-order valence-corrected chi connectivity index (χ0v) is 14.4. The predicted molar refractivity (Wildman–Crippen MR) is 96.0 cm³/mol. The molecule has 0 atom stereocenters. The van der Waals surface area contributed by atoms with Gasteiger partial charge in [0.25, 0.3) is 0 Å². The summed E-state index contributed by atoms with van der Waals surface area (Å²) in [7, 11) is 3.95. The fourth-order valence-electron chi connectivity index (χ4n) is 2.70. The van der Waals surface area contributed by atoms with Gasteiger partial charge in [-0.25, -0.2) is 0 Å². The van der Waals surface area contributed by atoms with Gasteiger partial charge in [-0.05, 0) is 42.3 Å². The predicted octanol–water partition coefficient (Wildman–Crippen LogP) is 3.58. The van der Waals surface area contributed by atoms with E-state index in [1.54, 1.807) is 18.2 Å². The number of nitrogens with zero attached hydrogens (tertiary/aromatic N) is 2. The Bertz CT molecular complexity index is 890. The van der Waals surface area contributed by atoms with Gasteiger partial charge in [0.15, 0.2) is 12.4 Å². The first-order chi connectivity index (χ1) is 12.0. The number of ether oxygens (including phenoxy) is 2. The zero-order chi connectivity index (χ0) is 18.0. The topological polar surface area (TPSA) is 62.6 Å². The van der Waals surface area contributed by atoms with E-state index >= 15 is 0 Å². The third-order valence-electron chi connectivity index (χ3n) is 3.95. The van der Waals surface area contributed by atoms with Crippen molar-refractivity contribution < 1.29 is 14.3 Å². The molecule has 0 saturated carbocycles. The molecule has 126 valence electrons. The molecule has 5 heteroatoms. The molecule has 2 aromatic carbocycles. The standard InChI is InChI=1S/C20H18N2O3/c1-13-10-16(24-9-8-21)12-17-19(13)20(23)18(25-17)11-14-4-6-15(7-5-14)22(2)3/h4-7,10-12H,9H2,1-3H3/b18-11-. The molecule has 2 aromatic rings. The number of allylic oxidation sites excluding steroid dienone is 1. The number of carbonyl (C=O) groups excluding carboxylic acids is 1. The van der Waals surface area contributed by atoms with E-state index in [9.17, 15) is 4.79 Å². The molecule has 1 heterocycles. The van der Waals surface area contributed by atoms with Crippen LogP contribution in [0.5, 0.6) is 11.5 Å². The van der Waals surface area contributed by atoms with Crippen molar-refractivity contribution in [3.05, 3.63) is 58.8 Å². The summed E-state index contributed by atoms with van der Waals surface area (Å²) in [6.07, 6.45) is 1.73. The van der Waals surface area contributed by atoms with Gasteiger partial charge in [0.2, 0.25) is 5.78 Å². The number of aryl methyl sites for hydroxylation is 1. The minimum atomic E-state index is -0.143. The highest BCUT2D eigenvalue weighted by atomic mass is 16.5. The molecule has 5 nitrogen and oxygen atoms in total. The van der Waals surface area contributed by atoms with Crippen LogP contribution in [0.3, 0.4) is 0 Å². The van der Waals surface area contributed by atoms with Gasteiger partial charge in [-0.3, -0.25) is 4.79 Å². The van der Waals surface area contributed by atoms with E-state index < -0.39 is 0 Å². The van der Waals surface area contributed by atoms with Gasteiger partial charge < -0.3 is 14.4 Å². The van der Waals surface area contributed by atoms with Crippen molar-refractivity contribution in [1.29, 1.82) is 5.26 Å². The normalized spacial score (nSPS) is 14.0. The highest BCUT2D eigenvalue weighted by Gasteiger charge is 2.30. The van der Waals surface area contributed by atoms with E-state index in [1.165, 1.54) is 0 Å². The molecular weight excluding hydrogens is 316 g/mol. The highest BCUT2D eigenvalue weighted by molar-refractivity contribution is 6.15. The third-order valence-corrected chi connectivity index (χ3v) is 3.95. The van der Waals surface area contributed by atoms with Crippen molar-refractivity contribution in [2.24, 2.45) is 0 Å². The Morgan fingerprint density at radius 2 is 1.96 bits per heavy atom. The number of anilines is 1. The molecule has 1 aliphatic heterocycles. The zero-order valence-electron chi connectivity index (χ0n) is 14.4. The van der Waals surface area contributed by atoms with Crippen LogP contribution in [0.2, 0.25) is 0 Å². The lowest BCUT2D eigenvalue weighted by atomic mass is 10.0. The van der Waals surface area contributed by atoms with Crippen molar-refractivity contribution in [3.63, 3.8) is 0 Å².